The van der Waals surface area contributed by atoms with Gasteiger partial charge in [0.15, 0.2) is 5.58 Å². The maximum atomic E-state index is 9.34. The van der Waals surface area contributed by atoms with Gasteiger partial charge < -0.3 is 13.4 Å². The van der Waals surface area contributed by atoms with Crippen molar-refractivity contribution in [3.63, 3.8) is 0 Å². The summed E-state index contributed by atoms with van der Waals surface area (Å²) in [6, 6.07) is 16.9. The van der Waals surface area contributed by atoms with E-state index in [1.54, 1.807) is 4.57 Å². The van der Waals surface area contributed by atoms with Gasteiger partial charge in [0.2, 0.25) is 0 Å². The average Bonchev–Trinajstić information content (AvgIpc) is 3.65. The SMILES string of the molecule is [2H]c1c([2H])c([2H])c2c(oc3c([2H])c([2H])c(-n4c5ccccc5c5ccc6c7ccccc7oc6c54)c([2H])c32)c1[2H]. The van der Waals surface area contributed by atoms with Gasteiger partial charge in [-0.15, -0.1) is 0 Å². The van der Waals surface area contributed by atoms with Crippen LogP contribution in [-0.4, -0.2) is 4.57 Å². The lowest BCUT2D eigenvalue weighted by molar-refractivity contribution is 0.669. The summed E-state index contributed by atoms with van der Waals surface area (Å²) >= 11 is 0. The van der Waals surface area contributed by atoms with Crippen LogP contribution >= 0.6 is 0 Å². The molecule has 0 unspecified atom stereocenters. The number of hydrogen-bond donors (Lipinski definition) is 0. The predicted octanol–water partition coefficient (Wildman–Crippen LogP) is 8.58. The van der Waals surface area contributed by atoms with Gasteiger partial charge in [0, 0.05) is 38.0 Å². The highest BCUT2D eigenvalue weighted by Gasteiger charge is 2.19. The van der Waals surface area contributed by atoms with Gasteiger partial charge in [-0.2, -0.15) is 0 Å². The molecule has 0 spiro atoms. The average molecular weight is 431 g/mol. The minimum atomic E-state index is -0.462. The van der Waals surface area contributed by atoms with Crippen molar-refractivity contribution in [3.8, 4) is 5.69 Å². The molecule has 0 saturated carbocycles. The Bertz CT molecular complexity index is 2420. The first-order valence-corrected chi connectivity index (χ1v) is 10.6. The van der Waals surface area contributed by atoms with Crippen molar-refractivity contribution in [1.29, 1.82) is 0 Å². The molecule has 0 aliphatic carbocycles. The lowest BCUT2D eigenvalue weighted by Gasteiger charge is -2.08. The second-order valence-electron chi connectivity index (χ2n) is 8.02. The minimum Gasteiger partial charge on any atom is -0.456 e. The quantitative estimate of drug-likeness (QED) is 0.261. The van der Waals surface area contributed by atoms with Crippen LogP contribution in [0.15, 0.2) is 112 Å². The highest BCUT2D eigenvalue weighted by atomic mass is 16.3. The molecule has 0 bridgehead atoms. The Kier molecular flexibility index (Phi) is 2.19. The Labute approximate surface area is 197 Å². The third-order valence-electron chi connectivity index (χ3n) is 6.28. The molecule has 0 fully saturated rings. The molecule has 33 heavy (non-hydrogen) atoms. The summed E-state index contributed by atoms with van der Waals surface area (Å²) in [7, 11) is 0. The van der Waals surface area contributed by atoms with Crippen LogP contribution in [-0.2, 0) is 0 Å². The Morgan fingerprint density at radius 2 is 1.36 bits per heavy atom. The topological polar surface area (TPSA) is 31.2 Å². The highest BCUT2D eigenvalue weighted by molar-refractivity contribution is 6.21. The minimum absolute atomic E-state index is 0.0235. The van der Waals surface area contributed by atoms with E-state index in [1.807, 2.05) is 60.7 Å². The molecule has 3 heteroatoms. The van der Waals surface area contributed by atoms with E-state index in [1.165, 1.54) is 0 Å². The van der Waals surface area contributed by atoms with Crippen LogP contribution in [0.1, 0.15) is 9.60 Å². The van der Waals surface area contributed by atoms with E-state index in [4.69, 9.17) is 17.1 Å². The van der Waals surface area contributed by atoms with Gasteiger partial charge in [0.25, 0.3) is 0 Å². The van der Waals surface area contributed by atoms with Gasteiger partial charge in [-0.1, -0.05) is 60.6 Å². The van der Waals surface area contributed by atoms with E-state index in [2.05, 4.69) is 0 Å². The summed E-state index contributed by atoms with van der Waals surface area (Å²) in [5.74, 6) is 0. The van der Waals surface area contributed by atoms with Crippen LogP contribution in [0, 0.1) is 0 Å². The molecule has 0 radical (unpaired) electrons. The van der Waals surface area contributed by atoms with E-state index >= 15 is 0 Å². The van der Waals surface area contributed by atoms with Crippen LogP contribution in [0.2, 0.25) is 0 Å². The Hall–Kier alpha value is -4.50. The molecule has 0 aliphatic heterocycles. The molecule has 8 aromatic rings. The highest BCUT2D eigenvalue weighted by Crippen LogP contribution is 2.41. The van der Waals surface area contributed by atoms with Crippen LogP contribution in [0.25, 0.3) is 71.4 Å². The molecule has 5 aromatic carbocycles. The number of aromatic nitrogens is 1. The zero-order chi connectivity index (χ0) is 27.6. The van der Waals surface area contributed by atoms with E-state index in [-0.39, 0.29) is 57.8 Å². The van der Waals surface area contributed by atoms with Crippen LogP contribution in [0.4, 0.5) is 0 Å². The third-order valence-corrected chi connectivity index (χ3v) is 6.28. The first-order chi connectivity index (χ1) is 19.3. The Balaban J connectivity index is 1.64. The predicted molar refractivity (Wildman–Crippen MR) is 135 cm³/mol. The summed E-state index contributed by atoms with van der Waals surface area (Å²) in [6.07, 6.45) is 0. The summed E-state index contributed by atoms with van der Waals surface area (Å²) < 4.78 is 74.3. The first kappa shape index (κ1) is 11.9. The van der Waals surface area contributed by atoms with Crippen molar-refractivity contribution in [3.05, 3.63) is 103 Å². The molecule has 0 atom stereocenters. The Morgan fingerprint density at radius 1 is 0.576 bits per heavy atom. The first-order valence-electron chi connectivity index (χ1n) is 14.1. The smallest absolute Gasteiger partial charge is 0.160 e. The lowest BCUT2D eigenvalue weighted by atomic mass is 10.1. The van der Waals surface area contributed by atoms with Crippen LogP contribution in [0.5, 0.6) is 0 Å². The Morgan fingerprint density at radius 3 is 2.33 bits per heavy atom. The number of nitrogens with zero attached hydrogens (tertiary/aromatic N) is 1. The summed E-state index contributed by atoms with van der Waals surface area (Å²) in [4.78, 5) is 0. The molecule has 0 amide bonds. The largest absolute Gasteiger partial charge is 0.456 e. The zero-order valence-electron chi connectivity index (χ0n) is 24.0. The van der Waals surface area contributed by atoms with Crippen molar-refractivity contribution in [2.75, 3.05) is 0 Å². The number of fused-ring (bicyclic) bond motifs is 10. The van der Waals surface area contributed by atoms with Gasteiger partial charge in [-0.25, -0.2) is 0 Å². The van der Waals surface area contributed by atoms with E-state index < -0.39 is 12.1 Å². The number of para-hydroxylation sites is 3. The molecular formula is C30H17NO2. The van der Waals surface area contributed by atoms with Gasteiger partial charge in [0.05, 0.1) is 20.6 Å². The number of furan rings is 2. The van der Waals surface area contributed by atoms with Crippen molar-refractivity contribution >= 4 is 65.7 Å². The maximum absolute atomic E-state index is 9.34. The molecule has 3 nitrogen and oxygen atoms in total. The fourth-order valence-corrected chi connectivity index (χ4v) is 4.87. The van der Waals surface area contributed by atoms with E-state index in [0.29, 0.717) is 22.2 Å². The monoisotopic (exact) mass is 430 g/mol. The van der Waals surface area contributed by atoms with Crippen LogP contribution < -0.4 is 0 Å². The van der Waals surface area contributed by atoms with Gasteiger partial charge >= 0.3 is 0 Å². The normalized spacial score (nSPS) is 15.2. The lowest BCUT2D eigenvalue weighted by Crippen LogP contribution is -1.93. The molecule has 8 rings (SSSR count). The fraction of sp³-hybridized carbons (Fsp3) is 0. The number of benzene rings is 5. The molecule has 0 N–H and O–H groups in total. The second-order valence-corrected chi connectivity index (χ2v) is 8.02. The van der Waals surface area contributed by atoms with Crippen molar-refractivity contribution in [2.45, 2.75) is 0 Å². The summed E-state index contributed by atoms with van der Waals surface area (Å²) in [6.45, 7) is 0. The van der Waals surface area contributed by atoms with Crippen LogP contribution in [0.3, 0.4) is 0 Å². The number of hydrogen-bond acceptors (Lipinski definition) is 2. The molecule has 0 saturated heterocycles. The van der Waals surface area contributed by atoms with Gasteiger partial charge in [-0.05, 0) is 42.4 Å². The van der Waals surface area contributed by atoms with Crippen molar-refractivity contribution in [1.82, 2.24) is 4.57 Å². The van der Waals surface area contributed by atoms with Gasteiger partial charge in [0.1, 0.15) is 16.7 Å². The zero-order valence-corrected chi connectivity index (χ0v) is 17.0. The maximum Gasteiger partial charge on any atom is 0.160 e. The van der Waals surface area contributed by atoms with E-state index in [9.17, 15) is 1.37 Å². The van der Waals surface area contributed by atoms with E-state index in [0.717, 1.165) is 21.5 Å². The second kappa shape index (κ2) is 6.05. The number of rotatable bonds is 1. The molecule has 154 valence electrons. The molecule has 3 aromatic heterocycles. The third kappa shape index (κ3) is 2.18. The van der Waals surface area contributed by atoms with Crippen molar-refractivity contribution in [2.24, 2.45) is 0 Å². The molecular weight excluding hydrogens is 406 g/mol. The van der Waals surface area contributed by atoms with Crippen molar-refractivity contribution < 1.29 is 18.4 Å². The summed E-state index contributed by atoms with van der Waals surface area (Å²) in [5.41, 5.74) is 2.49. The fourth-order valence-electron chi connectivity index (χ4n) is 4.87. The standard InChI is InChI=1S/C30H17NO2/c1-4-10-25-19(7-1)22-14-15-23-20-8-2-6-12-27(20)33-30(23)29(22)31(25)18-13-16-28-24(17-18)21-9-3-5-11-26(21)32-28/h1-17H/i3D,5D,9D,11D,13D,16D,17D. The summed E-state index contributed by atoms with van der Waals surface area (Å²) in [5, 5.41) is 3.63. The molecule has 0 aliphatic rings. The van der Waals surface area contributed by atoms with Gasteiger partial charge in [-0.3, -0.25) is 0 Å². The molecule has 3 heterocycles.